The Kier molecular flexibility index (Phi) is 6.89. The van der Waals surface area contributed by atoms with Crippen LogP contribution in [0.3, 0.4) is 0 Å². The van der Waals surface area contributed by atoms with E-state index in [1.807, 2.05) is 13.0 Å². The molecule has 0 spiro atoms. The molecule has 0 aromatic heterocycles. The van der Waals surface area contributed by atoms with Crippen molar-refractivity contribution >= 4 is 15.8 Å². The molecule has 0 amide bonds. The average Bonchev–Trinajstić information content (AvgIpc) is 3.17. The minimum absolute atomic E-state index is 0.00731. The molecular weight excluding hydrogens is 394 g/mol. The summed E-state index contributed by atoms with van der Waals surface area (Å²) in [5.41, 5.74) is 1.09. The van der Waals surface area contributed by atoms with Gasteiger partial charge in [-0.15, -0.1) is 0 Å². The van der Waals surface area contributed by atoms with E-state index in [0.717, 1.165) is 24.3 Å². The summed E-state index contributed by atoms with van der Waals surface area (Å²) in [5.74, 6) is 2.38. The second kappa shape index (κ2) is 9.21. The largest absolute Gasteiger partial charge is 0.454 e. The van der Waals surface area contributed by atoms with E-state index in [1.165, 1.54) is 11.8 Å². The quantitative estimate of drug-likeness (QED) is 0.504. The highest BCUT2D eigenvalue weighted by molar-refractivity contribution is 7.90. The fraction of sp³-hybridized carbons (Fsp3) is 0.650. The van der Waals surface area contributed by atoms with Gasteiger partial charge >= 0.3 is 0 Å². The summed E-state index contributed by atoms with van der Waals surface area (Å²) in [7, 11) is -1.26. The highest BCUT2D eigenvalue weighted by Gasteiger charge is 2.36. The number of guanidine groups is 1. The maximum atomic E-state index is 11.4. The van der Waals surface area contributed by atoms with E-state index in [-0.39, 0.29) is 24.0 Å². The Morgan fingerprint density at radius 3 is 2.66 bits per heavy atom. The van der Waals surface area contributed by atoms with Crippen LogP contribution in [-0.4, -0.2) is 66.0 Å². The van der Waals surface area contributed by atoms with Gasteiger partial charge in [0.1, 0.15) is 9.84 Å². The topological polar surface area (TPSA) is 98.2 Å². The van der Waals surface area contributed by atoms with E-state index in [1.54, 1.807) is 7.05 Å². The summed E-state index contributed by atoms with van der Waals surface area (Å²) >= 11 is 0. The van der Waals surface area contributed by atoms with E-state index in [9.17, 15) is 8.42 Å². The lowest BCUT2D eigenvalue weighted by Crippen LogP contribution is -2.49. The lowest BCUT2D eigenvalue weighted by atomic mass is 9.74. The molecule has 1 fully saturated rings. The zero-order valence-corrected chi connectivity index (χ0v) is 18.2. The van der Waals surface area contributed by atoms with Gasteiger partial charge in [-0.05, 0) is 43.9 Å². The summed E-state index contributed by atoms with van der Waals surface area (Å²) < 4.78 is 39.4. The number of rotatable bonds is 7. The van der Waals surface area contributed by atoms with Gasteiger partial charge in [-0.1, -0.05) is 6.07 Å². The number of hydrogen-bond acceptors (Lipinski definition) is 6. The molecule has 2 heterocycles. The number of sulfone groups is 1. The van der Waals surface area contributed by atoms with Gasteiger partial charge in [0, 0.05) is 44.5 Å². The van der Waals surface area contributed by atoms with Crippen LogP contribution in [-0.2, 0) is 20.0 Å². The molecule has 3 rings (SSSR count). The number of nitrogens with zero attached hydrogens (tertiary/aromatic N) is 1. The third kappa shape index (κ3) is 5.76. The highest BCUT2D eigenvalue weighted by Crippen LogP contribution is 2.40. The number of hydrogen-bond donors (Lipinski definition) is 2. The lowest BCUT2D eigenvalue weighted by molar-refractivity contribution is 0.0513. The molecule has 1 aromatic carbocycles. The Hall–Kier alpha value is -2.00. The number of fused-ring (bicyclic) bond motifs is 1. The van der Waals surface area contributed by atoms with Crippen molar-refractivity contribution in [2.24, 2.45) is 4.99 Å². The van der Waals surface area contributed by atoms with Crippen LogP contribution in [0.25, 0.3) is 0 Å². The molecule has 2 aliphatic heterocycles. The number of ether oxygens (including phenoxy) is 3. The third-order valence-corrected chi connectivity index (χ3v) is 6.53. The van der Waals surface area contributed by atoms with E-state index in [2.05, 4.69) is 27.8 Å². The molecule has 1 aromatic rings. The number of aliphatic imine (C=N–C) groups is 1. The minimum atomic E-state index is -2.98. The van der Waals surface area contributed by atoms with E-state index in [0.29, 0.717) is 32.1 Å². The first-order valence-electron chi connectivity index (χ1n) is 9.94. The number of benzene rings is 1. The van der Waals surface area contributed by atoms with Crippen molar-refractivity contribution in [1.82, 2.24) is 10.6 Å². The Morgan fingerprint density at radius 2 is 1.97 bits per heavy atom. The van der Waals surface area contributed by atoms with Gasteiger partial charge < -0.3 is 24.8 Å². The normalized spacial score (nSPS) is 19.6. The molecule has 1 unspecified atom stereocenters. The maximum absolute atomic E-state index is 11.4. The standard InChI is InChI=1S/C20H31N3O5S/c1-15(6-11-29(3,24)25)23-19(21-2)22-13-20(7-9-26-10-8-20)16-4-5-17-18(12-16)28-14-27-17/h4-5,12,15H,6-11,13-14H2,1-3H3,(H2,21,22,23). The Morgan fingerprint density at radius 1 is 1.24 bits per heavy atom. The van der Waals surface area contributed by atoms with Gasteiger partial charge in [0.25, 0.3) is 0 Å². The predicted octanol–water partition coefficient (Wildman–Crippen LogP) is 1.45. The first-order valence-corrected chi connectivity index (χ1v) is 12.0. The van der Waals surface area contributed by atoms with Crippen molar-refractivity contribution in [3.8, 4) is 11.5 Å². The second-order valence-corrected chi connectivity index (χ2v) is 10.1. The predicted molar refractivity (Wildman–Crippen MR) is 113 cm³/mol. The smallest absolute Gasteiger partial charge is 0.231 e. The fourth-order valence-corrected chi connectivity index (χ4v) is 4.48. The minimum Gasteiger partial charge on any atom is -0.454 e. The molecule has 29 heavy (non-hydrogen) atoms. The molecule has 1 saturated heterocycles. The first-order chi connectivity index (χ1) is 13.8. The molecule has 8 nitrogen and oxygen atoms in total. The molecular formula is C20H31N3O5S. The lowest BCUT2D eigenvalue weighted by Gasteiger charge is -2.38. The van der Waals surface area contributed by atoms with Gasteiger partial charge in [-0.2, -0.15) is 0 Å². The van der Waals surface area contributed by atoms with Gasteiger partial charge in [-0.3, -0.25) is 4.99 Å². The summed E-state index contributed by atoms with van der Waals surface area (Å²) in [4.78, 5) is 4.31. The number of nitrogens with one attached hydrogen (secondary N) is 2. The van der Waals surface area contributed by atoms with Crippen LogP contribution in [0.2, 0.25) is 0 Å². The highest BCUT2D eigenvalue weighted by atomic mass is 32.2. The Labute approximate surface area is 172 Å². The van der Waals surface area contributed by atoms with Crippen LogP contribution < -0.4 is 20.1 Å². The SMILES string of the molecule is CN=C(NCC1(c2ccc3c(c2)OCO3)CCOCC1)NC(C)CCS(C)(=O)=O. The monoisotopic (exact) mass is 425 g/mol. The Balaban J connectivity index is 1.67. The molecule has 0 radical (unpaired) electrons. The van der Waals surface area contributed by atoms with Crippen molar-refractivity contribution in [3.63, 3.8) is 0 Å². The zero-order chi connectivity index (χ0) is 20.9. The van der Waals surface area contributed by atoms with Crippen molar-refractivity contribution in [1.29, 1.82) is 0 Å². The molecule has 1 atom stereocenters. The third-order valence-electron chi connectivity index (χ3n) is 5.56. The van der Waals surface area contributed by atoms with Crippen LogP contribution in [0.5, 0.6) is 11.5 Å². The first kappa shape index (κ1) is 21.7. The summed E-state index contributed by atoms with van der Waals surface area (Å²) in [6.07, 6.45) is 3.56. The fourth-order valence-electron chi connectivity index (χ4n) is 3.70. The van der Waals surface area contributed by atoms with E-state index >= 15 is 0 Å². The van der Waals surface area contributed by atoms with E-state index in [4.69, 9.17) is 14.2 Å². The van der Waals surface area contributed by atoms with Gasteiger partial charge in [-0.25, -0.2) is 8.42 Å². The van der Waals surface area contributed by atoms with Crippen LogP contribution in [0.15, 0.2) is 23.2 Å². The summed E-state index contributed by atoms with van der Waals surface area (Å²) in [5, 5.41) is 6.72. The van der Waals surface area contributed by atoms with Crippen molar-refractivity contribution < 1.29 is 22.6 Å². The van der Waals surface area contributed by atoms with Crippen LogP contribution >= 0.6 is 0 Å². The molecule has 0 aliphatic carbocycles. The van der Waals surface area contributed by atoms with Gasteiger partial charge in [0.2, 0.25) is 6.79 Å². The van der Waals surface area contributed by atoms with Gasteiger partial charge in [0.15, 0.2) is 17.5 Å². The van der Waals surface area contributed by atoms with Crippen LogP contribution in [0.1, 0.15) is 31.7 Å². The zero-order valence-electron chi connectivity index (χ0n) is 17.4. The van der Waals surface area contributed by atoms with Gasteiger partial charge in [0.05, 0.1) is 5.75 Å². The summed E-state index contributed by atoms with van der Waals surface area (Å²) in [6.45, 7) is 4.31. The molecule has 162 valence electrons. The van der Waals surface area contributed by atoms with Crippen LogP contribution in [0.4, 0.5) is 0 Å². The van der Waals surface area contributed by atoms with Crippen molar-refractivity contribution in [3.05, 3.63) is 23.8 Å². The van der Waals surface area contributed by atoms with Crippen molar-refractivity contribution in [2.75, 3.05) is 45.6 Å². The molecule has 9 heteroatoms. The van der Waals surface area contributed by atoms with Crippen LogP contribution in [0, 0.1) is 0 Å². The maximum Gasteiger partial charge on any atom is 0.231 e. The van der Waals surface area contributed by atoms with Crippen molar-refractivity contribution in [2.45, 2.75) is 37.6 Å². The molecule has 0 bridgehead atoms. The molecule has 2 N–H and O–H groups in total. The average molecular weight is 426 g/mol. The Bertz CT molecular complexity index is 835. The molecule has 0 saturated carbocycles. The van der Waals surface area contributed by atoms with E-state index < -0.39 is 9.84 Å². The summed E-state index contributed by atoms with van der Waals surface area (Å²) in [6, 6.07) is 6.13. The molecule has 2 aliphatic rings. The second-order valence-electron chi connectivity index (χ2n) is 7.85.